The van der Waals surface area contributed by atoms with Crippen LogP contribution in [0, 0.1) is 0 Å². The normalized spacial score (nSPS) is 14.1. The van der Waals surface area contributed by atoms with Crippen LogP contribution in [0.15, 0.2) is 0 Å². The van der Waals surface area contributed by atoms with E-state index in [0.717, 1.165) is 25.7 Å². The Kier molecular flexibility index (Phi) is 10.8. The van der Waals surface area contributed by atoms with Crippen molar-refractivity contribution >= 4 is 9.63 Å². The average Bonchev–Trinajstić information content (AvgIpc) is 2.37. The van der Waals surface area contributed by atoms with Crippen LogP contribution in [0.4, 0.5) is 0 Å². The molecule has 4 heteroatoms. The van der Waals surface area contributed by atoms with Crippen LogP contribution in [0.5, 0.6) is 0 Å². The Morgan fingerprint density at radius 2 is 0.900 bits per heavy atom. The van der Waals surface area contributed by atoms with E-state index in [9.17, 15) is 13.3 Å². The molecule has 0 aromatic carbocycles. The molecule has 124 valence electrons. The highest BCUT2D eigenvalue weighted by molar-refractivity contribution is 8.10. The monoisotopic (exact) mass is 308 g/mol. The first-order chi connectivity index (χ1) is 9.39. The van der Waals surface area contributed by atoms with Crippen LogP contribution in [0.1, 0.15) is 90.9 Å². The summed E-state index contributed by atoms with van der Waals surface area (Å²) < 4.78 is 31.9. The maximum Gasteiger partial charge on any atom is 0.0826 e. The van der Waals surface area contributed by atoms with E-state index in [1.54, 1.807) is 0 Å². The second kappa shape index (κ2) is 10.7. The lowest BCUT2D eigenvalue weighted by molar-refractivity contribution is 0.384. The minimum absolute atomic E-state index is 0.0677. The van der Waals surface area contributed by atoms with Gasteiger partial charge < -0.3 is 9.11 Å². The molecule has 0 saturated carbocycles. The van der Waals surface area contributed by atoms with E-state index < -0.39 is 9.63 Å². The molecule has 0 spiro atoms. The molecule has 0 saturated heterocycles. The van der Waals surface area contributed by atoms with E-state index in [0.29, 0.717) is 12.8 Å². The van der Waals surface area contributed by atoms with Crippen molar-refractivity contribution in [3.05, 3.63) is 0 Å². The van der Waals surface area contributed by atoms with Gasteiger partial charge in [-0.25, -0.2) is 4.21 Å². The van der Waals surface area contributed by atoms with Crippen molar-refractivity contribution in [2.45, 2.75) is 90.9 Å². The molecule has 0 bridgehead atoms. The Labute approximate surface area is 126 Å². The van der Waals surface area contributed by atoms with Gasteiger partial charge in [-0.15, -0.1) is 0 Å². The van der Waals surface area contributed by atoms with Crippen LogP contribution in [-0.2, 0) is 9.63 Å². The summed E-state index contributed by atoms with van der Waals surface area (Å²) >= 11 is 0. The van der Waals surface area contributed by atoms with Gasteiger partial charge in [-0.3, -0.25) is 0 Å². The third kappa shape index (κ3) is 13.1. The summed E-state index contributed by atoms with van der Waals surface area (Å²) in [6.07, 6.45) is 12.7. The summed E-state index contributed by atoms with van der Waals surface area (Å²) in [6.45, 7) is 4.34. The molecule has 0 atom stereocenters. The predicted octanol–water partition coefficient (Wildman–Crippen LogP) is 5.47. The van der Waals surface area contributed by atoms with Gasteiger partial charge in [0, 0.05) is 11.5 Å². The van der Waals surface area contributed by atoms with Crippen LogP contribution in [-0.4, -0.2) is 24.8 Å². The van der Waals surface area contributed by atoms with Crippen LogP contribution < -0.4 is 0 Å². The SMILES string of the molecule is CCCCCCCCS(=O)(O)(O)CCCCCCCC. The van der Waals surface area contributed by atoms with Gasteiger partial charge in [0.15, 0.2) is 0 Å². The minimum Gasteiger partial charge on any atom is -0.308 e. The highest BCUT2D eigenvalue weighted by Crippen LogP contribution is 2.22. The smallest absolute Gasteiger partial charge is 0.0826 e. The second-order valence-electron chi connectivity index (χ2n) is 6.13. The van der Waals surface area contributed by atoms with Crippen molar-refractivity contribution in [2.24, 2.45) is 0 Å². The molecule has 0 amide bonds. The zero-order valence-electron chi connectivity index (χ0n) is 13.6. The average molecular weight is 309 g/mol. The number of hydrogen-bond donors (Lipinski definition) is 2. The lowest BCUT2D eigenvalue weighted by Crippen LogP contribution is -2.38. The zero-order chi connectivity index (χ0) is 15.3. The van der Waals surface area contributed by atoms with E-state index in [1.807, 2.05) is 0 Å². The Morgan fingerprint density at radius 1 is 0.600 bits per heavy atom. The first-order valence-electron chi connectivity index (χ1n) is 8.52. The molecule has 0 aromatic rings. The molecule has 0 radical (unpaired) electrons. The predicted molar refractivity (Wildman–Crippen MR) is 89.9 cm³/mol. The number of hydrogen-bond acceptors (Lipinski definition) is 1. The lowest BCUT2D eigenvalue weighted by Gasteiger charge is -2.30. The van der Waals surface area contributed by atoms with Gasteiger partial charge in [0.05, 0.1) is 9.63 Å². The molecule has 0 fully saturated rings. The highest BCUT2D eigenvalue weighted by atomic mass is 32.3. The zero-order valence-corrected chi connectivity index (χ0v) is 14.4. The molecule has 3 nitrogen and oxygen atoms in total. The third-order valence-corrected chi connectivity index (χ3v) is 6.03. The van der Waals surface area contributed by atoms with E-state index in [-0.39, 0.29) is 11.5 Å². The van der Waals surface area contributed by atoms with Crippen molar-refractivity contribution < 1.29 is 13.3 Å². The highest BCUT2D eigenvalue weighted by Gasteiger charge is 2.28. The van der Waals surface area contributed by atoms with Crippen LogP contribution in [0.2, 0.25) is 0 Å². The van der Waals surface area contributed by atoms with Crippen LogP contribution >= 0.6 is 0 Å². The van der Waals surface area contributed by atoms with Gasteiger partial charge in [0.2, 0.25) is 0 Å². The molecule has 0 aromatic heterocycles. The van der Waals surface area contributed by atoms with Gasteiger partial charge in [-0.1, -0.05) is 78.1 Å². The fraction of sp³-hybridized carbons (Fsp3) is 1.00. The molecule has 0 heterocycles. The van der Waals surface area contributed by atoms with Gasteiger partial charge in [0.25, 0.3) is 0 Å². The minimum atomic E-state index is -4.31. The first kappa shape index (κ1) is 20.1. The quantitative estimate of drug-likeness (QED) is 0.418. The van der Waals surface area contributed by atoms with Crippen molar-refractivity contribution in [1.29, 1.82) is 0 Å². The van der Waals surface area contributed by atoms with E-state index in [2.05, 4.69) is 13.8 Å². The van der Waals surface area contributed by atoms with Crippen LogP contribution in [0.3, 0.4) is 0 Å². The molecule has 0 aliphatic carbocycles. The first-order valence-corrected chi connectivity index (χ1v) is 10.7. The summed E-state index contributed by atoms with van der Waals surface area (Å²) in [4.78, 5) is 0. The summed E-state index contributed by atoms with van der Waals surface area (Å²) in [5.74, 6) is 0.135. The van der Waals surface area contributed by atoms with Gasteiger partial charge in [0.1, 0.15) is 0 Å². The summed E-state index contributed by atoms with van der Waals surface area (Å²) in [5.41, 5.74) is 0. The Morgan fingerprint density at radius 3 is 1.25 bits per heavy atom. The molecule has 0 aliphatic rings. The summed E-state index contributed by atoms with van der Waals surface area (Å²) in [5, 5.41) is 0. The van der Waals surface area contributed by atoms with Crippen LogP contribution in [0.25, 0.3) is 0 Å². The third-order valence-electron chi connectivity index (χ3n) is 3.82. The van der Waals surface area contributed by atoms with E-state index in [4.69, 9.17) is 0 Å². The fourth-order valence-electron chi connectivity index (χ4n) is 2.45. The Hall–Kier alpha value is 0.0700. The summed E-state index contributed by atoms with van der Waals surface area (Å²) in [7, 11) is -4.31. The molecule has 20 heavy (non-hydrogen) atoms. The van der Waals surface area contributed by atoms with Crippen molar-refractivity contribution in [3.63, 3.8) is 0 Å². The van der Waals surface area contributed by atoms with E-state index in [1.165, 1.54) is 38.5 Å². The van der Waals surface area contributed by atoms with Crippen molar-refractivity contribution in [1.82, 2.24) is 0 Å². The van der Waals surface area contributed by atoms with Crippen molar-refractivity contribution in [2.75, 3.05) is 11.5 Å². The lowest BCUT2D eigenvalue weighted by atomic mass is 10.1. The van der Waals surface area contributed by atoms with Gasteiger partial charge >= 0.3 is 0 Å². The maximum atomic E-state index is 12.1. The topological polar surface area (TPSA) is 57.5 Å². The molecule has 0 unspecified atom stereocenters. The van der Waals surface area contributed by atoms with E-state index >= 15 is 0 Å². The molecule has 0 rings (SSSR count). The fourth-order valence-corrected chi connectivity index (χ4v) is 4.22. The molecular weight excluding hydrogens is 272 g/mol. The molecule has 2 N–H and O–H groups in total. The van der Waals surface area contributed by atoms with Gasteiger partial charge in [-0.2, -0.15) is 0 Å². The number of unbranched alkanes of at least 4 members (excludes halogenated alkanes) is 10. The molecular formula is C16H36O3S. The standard InChI is InChI=1S/C16H36O3S/c1-3-5-7-9-11-13-15-20(17,18,19)16-14-12-10-8-6-4-2/h3-16H2,1-2H3,(H2,17,18,19). The number of rotatable bonds is 14. The Balaban J connectivity index is 3.67. The Bertz CT molecular complexity index is 261. The van der Waals surface area contributed by atoms with Crippen molar-refractivity contribution in [3.8, 4) is 0 Å². The largest absolute Gasteiger partial charge is 0.308 e. The summed E-state index contributed by atoms with van der Waals surface area (Å²) in [6, 6.07) is 0. The maximum absolute atomic E-state index is 12.1. The van der Waals surface area contributed by atoms with Gasteiger partial charge in [-0.05, 0) is 12.8 Å². The molecule has 0 aliphatic heterocycles. The second-order valence-corrected chi connectivity index (χ2v) is 9.32.